The van der Waals surface area contributed by atoms with Crippen LogP contribution < -0.4 is 5.32 Å². The Morgan fingerprint density at radius 2 is 2.09 bits per heavy atom. The Kier molecular flexibility index (Phi) is 4.27. The fourth-order valence-corrected chi connectivity index (χ4v) is 3.26. The van der Waals surface area contributed by atoms with Gasteiger partial charge in [0.15, 0.2) is 0 Å². The Labute approximate surface area is 137 Å². The number of rotatable bonds is 3. The van der Waals surface area contributed by atoms with Crippen molar-refractivity contribution in [3.8, 4) is 0 Å². The normalized spacial score (nSPS) is 10.6. The lowest BCUT2D eigenvalue weighted by Gasteiger charge is -2.16. The summed E-state index contributed by atoms with van der Waals surface area (Å²) < 4.78 is 1.13. The number of nitrogens with zero attached hydrogens (tertiary/aromatic N) is 2. The van der Waals surface area contributed by atoms with E-state index in [2.05, 4.69) is 10.3 Å². The first-order valence-electron chi connectivity index (χ1n) is 6.74. The molecule has 0 bridgehead atoms. The van der Waals surface area contributed by atoms with Crippen LogP contribution in [0.2, 0.25) is 5.02 Å². The van der Waals surface area contributed by atoms with E-state index in [-0.39, 0.29) is 6.03 Å². The summed E-state index contributed by atoms with van der Waals surface area (Å²) >= 11 is 7.51. The van der Waals surface area contributed by atoms with Gasteiger partial charge in [-0.3, -0.25) is 0 Å². The number of amides is 2. The van der Waals surface area contributed by atoms with Gasteiger partial charge in [-0.15, -0.1) is 11.3 Å². The molecule has 0 radical (unpaired) electrons. The van der Waals surface area contributed by atoms with Crippen molar-refractivity contribution in [2.75, 3.05) is 12.4 Å². The molecule has 0 fully saturated rings. The lowest BCUT2D eigenvalue weighted by Crippen LogP contribution is -2.30. The zero-order chi connectivity index (χ0) is 15.5. The van der Waals surface area contributed by atoms with Crippen molar-refractivity contribution in [2.45, 2.75) is 6.54 Å². The van der Waals surface area contributed by atoms with E-state index in [1.165, 1.54) is 0 Å². The van der Waals surface area contributed by atoms with Crippen LogP contribution in [0, 0.1) is 0 Å². The molecule has 1 aromatic heterocycles. The minimum atomic E-state index is -0.193. The van der Waals surface area contributed by atoms with Crippen LogP contribution in [0.15, 0.2) is 48.5 Å². The molecule has 0 unspecified atom stereocenters. The van der Waals surface area contributed by atoms with E-state index in [0.29, 0.717) is 17.3 Å². The molecule has 2 aromatic carbocycles. The van der Waals surface area contributed by atoms with Crippen LogP contribution in [0.5, 0.6) is 0 Å². The smallest absolute Gasteiger partial charge is 0.321 e. The van der Waals surface area contributed by atoms with Gasteiger partial charge >= 0.3 is 6.03 Å². The molecule has 3 aromatic rings. The van der Waals surface area contributed by atoms with Crippen molar-refractivity contribution >= 4 is 44.9 Å². The van der Waals surface area contributed by atoms with Crippen molar-refractivity contribution in [1.82, 2.24) is 9.88 Å². The number of fused-ring (bicyclic) bond motifs is 1. The minimum absolute atomic E-state index is 0.193. The molecule has 6 heteroatoms. The van der Waals surface area contributed by atoms with E-state index in [9.17, 15) is 4.79 Å². The molecular weight excluding hydrogens is 318 g/mol. The number of halogens is 1. The van der Waals surface area contributed by atoms with Gasteiger partial charge in [0.1, 0.15) is 5.01 Å². The molecule has 0 saturated carbocycles. The van der Waals surface area contributed by atoms with Crippen molar-refractivity contribution < 1.29 is 4.79 Å². The Balaban J connectivity index is 1.68. The number of thiazole rings is 1. The molecule has 2 amide bonds. The molecule has 0 atom stereocenters. The number of hydrogen-bond donors (Lipinski definition) is 1. The predicted molar refractivity (Wildman–Crippen MR) is 91.6 cm³/mol. The maximum atomic E-state index is 12.2. The molecule has 1 heterocycles. The lowest BCUT2D eigenvalue weighted by molar-refractivity contribution is 0.220. The maximum absolute atomic E-state index is 12.2. The topological polar surface area (TPSA) is 45.2 Å². The maximum Gasteiger partial charge on any atom is 0.321 e. The van der Waals surface area contributed by atoms with Gasteiger partial charge < -0.3 is 10.2 Å². The first-order chi connectivity index (χ1) is 10.6. The summed E-state index contributed by atoms with van der Waals surface area (Å²) in [5.74, 6) is 0. The summed E-state index contributed by atoms with van der Waals surface area (Å²) in [5, 5.41) is 4.31. The lowest BCUT2D eigenvalue weighted by atomic mass is 10.3. The Hall–Kier alpha value is -2.11. The van der Waals surface area contributed by atoms with E-state index in [1.54, 1.807) is 47.5 Å². The van der Waals surface area contributed by atoms with E-state index in [4.69, 9.17) is 11.6 Å². The highest BCUT2D eigenvalue weighted by Crippen LogP contribution is 2.22. The fraction of sp³-hybridized carbons (Fsp3) is 0.125. The molecule has 0 aliphatic carbocycles. The molecule has 0 aliphatic heterocycles. The monoisotopic (exact) mass is 331 g/mol. The molecule has 0 spiro atoms. The standard InChI is InChI=1S/C16H14ClN3OS/c1-20(16(21)18-12-6-4-5-11(17)9-12)10-15-19-13-7-2-3-8-14(13)22-15/h2-9H,10H2,1H3,(H,18,21). The second-order valence-electron chi connectivity index (χ2n) is 4.87. The Bertz CT molecular complexity index is 785. The number of nitrogens with one attached hydrogen (secondary N) is 1. The molecule has 0 saturated heterocycles. The van der Waals surface area contributed by atoms with E-state index in [0.717, 1.165) is 15.2 Å². The Morgan fingerprint density at radius 1 is 1.27 bits per heavy atom. The highest BCUT2D eigenvalue weighted by Gasteiger charge is 2.12. The average molecular weight is 332 g/mol. The van der Waals surface area contributed by atoms with Gasteiger partial charge in [-0.25, -0.2) is 9.78 Å². The van der Waals surface area contributed by atoms with Gasteiger partial charge in [-0.1, -0.05) is 29.8 Å². The van der Waals surface area contributed by atoms with Gasteiger partial charge in [0.25, 0.3) is 0 Å². The molecular formula is C16H14ClN3OS. The largest absolute Gasteiger partial charge is 0.321 e. The third-order valence-electron chi connectivity index (χ3n) is 3.13. The quantitative estimate of drug-likeness (QED) is 0.761. The second-order valence-corrected chi connectivity index (χ2v) is 6.42. The molecule has 3 rings (SSSR count). The van der Waals surface area contributed by atoms with Crippen molar-refractivity contribution in [3.05, 3.63) is 58.6 Å². The number of benzene rings is 2. The predicted octanol–water partition coefficient (Wildman–Crippen LogP) is 4.61. The van der Waals surface area contributed by atoms with Crippen LogP contribution in [-0.4, -0.2) is 23.0 Å². The number of urea groups is 1. The summed E-state index contributed by atoms with van der Waals surface area (Å²) in [5.41, 5.74) is 1.64. The van der Waals surface area contributed by atoms with Crippen molar-refractivity contribution in [1.29, 1.82) is 0 Å². The van der Waals surface area contributed by atoms with Gasteiger partial charge in [-0.05, 0) is 30.3 Å². The summed E-state index contributed by atoms with van der Waals surface area (Å²) in [6.07, 6.45) is 0. The van der Waals surface area contributed by atoms with Crippen LogP contribution in [0.3, 0.4) is 0 Å². The first-order valence-corrected chi connectivity index (χ1v) is 7.93. The first kappa shape index (κ1) is 14.8. The summed E-state index contributed by atoms with van der Waals surface area (Å²) in [6.45, 7) is 0.464. The van der Waals surface area contributed by atoms with Crippen molar-refractivity contribution in [3.63, 3.8) is 0 Å². The molecule has 4 nitrogen and oxygen atoms in total. The third-order valence-corrected chi connectivity index (χ3v) is 4.39. The van der Waals surface area contributed by atoms with Crippen LogP contribution in [0.25, 0.3) is 10.2 Å². The van der Waals surface area contributed by atoms with Crippen LogP contribution in [0.1, 0.15) is 5.01 Å². The molecule has 1 N–H and O–H groups in total. The average Bonchev–Trinajstić information content (AvgIpc) is 2.89. The van der Waals surface area contributed by atoms with E-state index >= 15 is 0 Å². The van der Waals surface area contributed by atoms with Gasteiger partial charge in [-0.2, -0.15) is 0 Å². The summed E-state index contributed by atoms with van der Waals surface area (Å²) in [4.78, 5) is 18.3. The Morgan fingerprint density at radius 3 is 2.86 bits per heavy atom. The third kappa shape index (κ3) is 3.37. The van der Waals surface area contributed by atoms with Gasteiger partial charge in [0.2, 0.25) is 0 Å². The second kappa shape index (κ2) is 6.34. The molecule has 22 heavy (non-hydrogen) atoms. The zero-order valence-electron chi connectivity index (χ0n) is 11.9. The highest BCUT2D eigenvalue weighted by atomic mass is 35.5. The number of carbonyl (C=O) groups excluding carboxylic acids is 1. The molecule has 112 valence electrons. The van der Waals surface area contributed by atoms with Crippen LogP contribution in [-0.2, 0) is 6.54 Å². The van der Waals surface area contributed by atoms with E-state index in [1.807, 2.05) is 24.3 Å². The highest BCUT2D eigenvalue weighted by molar-refractivity contribution is 7.18. The number of hydrogen-bond acceptors (Lipinski definition) is 3. The minimum Gasteiger partial charge on any atom is -0.321 e. The van der Waals surface area contributed by atoms with Gasteiger partial charge in [0.05, 0.1) is 16.8 Å². The van der Waals surface area contributed by atoms with E-state index < -0.39 is 0 Å². The van der Waals surface area contributed by atoms with Crippen molar-refractivity contribution in [2.24, 2.45) is 0 Å². The zero-order valence-corrected chi connectivity index (χ0v) is 13.5. The number of carbonyl (C=O) groups is 1. The number of anilines is 1. The molecule has 0 aliphatic rings. The fourth-order valence-electron chi connectivity index (χ4n) is 2.05. The SMILES string of the molecule is CN(Cc1nc2ccccc2s1)C(=O)Nc1cccc(Cl)c1. The van der Waals surface area contributed by atoms with Crippen LogP contribution >= 0.6 is 22.9 Å². The number of para-hydroxylation sites is 1. The van der Waals surface area contributed by atoms with Gasteiger partial charge in [0, 0.05) is 17.8 Å². The number of aromatic nitrogens is 1. The summed E-state index contributed by atoms with van der Waals surface area (Å²) in [7, 11) is 1.74. The van der Waals surface area contributed by atoms with Crippen LogP contribution in [0.4, 0.5) is 10.5 Å². The summed E-state index contributed by atoms with van der Waals surface area (Å²) in [6, 6.07) is 14.8.